The number of nitrogens with one attached hydrogen (secondary N) is 1. The molecule has 2 aromatic rings. The third-order valence-electron chi connectivity index (χ3n) is 1.64. The Balaban J connectivity index is 2.63. The minimum atomic E-state index is -0.390. The summed E-state index contributed by atoms with van der Waals surface area (Å²) in [6, 6.07) is 1.82. The van der Waals surface area contributed by atoms with Crippen molar-refractivity contribution < 1.29 is 5.11 Å². The topological polar surface area (TPSA) is 66.0 Å². The van der Waals surface area contributed by atoms with Gasteiger partial charge in [-0.1, -0.05) is 0 Å². The lowest BCUT2D eigenvalue weighted by molar-refractivity contribution is 0.448. The highest BCUT2D eigenvalue weighted by Gasteiger charge is 2.08. The molecule has 0 aliphatic carbocycles. The van der Waals surface area contributed by atoms with Crippen LogP contribution in [0.4, 0.5) is 0 Å². The lowest BCUT2D eigenvalue weighted by Gasteiger charge is -1.99. The molecule has 0 bridgehead atoms. The Morgan fingerprint density at radius 1 is 1.57 bits per heavy atom. The summed E-state index contributed by atoms with van der Waals surface area (Å²) in [4.78, 5) is 17.6. The predicted molar refractivity (Wildman–Crippen MR) is 57.5 cm³/mol. The number of nitrogens with zero attached hydrogens (tertiary/aromatic N) is 1. The molecule has 2 rings (SSSR count). The molecule has 0 aliphatic rings. The minimum Gasteiger partial charge on any atom is -0.492 e. The fourth-order valence-electron chi connectivity index (χ4n) is 0.983. The van der Waals surface area contributed by atoms with Gasteiger partial charge in [-0.15, -0.1) is 0 Å². The van der Waals surface area contributed by atoms with E-state index >= 15 is 0 Å². The van der Waals surface area contributed by atoms with Crippen LogP contribution < -0.4 is 5.56 Å². The molecule has 0 aliphatic heterocycles. The van der Waals surface area contributed by atoms with Gasteiger partial charge < -0.3 is 10.1 Å². The summed E-state index contributed by atoms with van der Waals surface area (Å²) >= 11 is 4.42. The van der Waals surface area contributed by atoms with E-state index in [-0.39, 0.29) is 10.4 Å². The lowest BCUT2D eigenvalue weighted by atomic mass is 10.3. The molecule has 72 valence electrons. The second kappa shape index (κ2) is 3.55. The Hall–Kier alpha value is -1.14. The zero-order valence-electron chi connectivity index (χ0n) is 6.82. The Bertz CT molecular complexity index is 507. The summed E-state index contributed by atoms with van der Waals surface area (Å²) in [6.07, 6.45) is 0. The van der Waals surface area contributed by atoms with Crippen molar-refractivity contribution in [2.45, 2.75) is 0 Å². The summed E-state index contributed by atoms with van der Waals surface area (Å²) in [6.45, 7) is 0. The highest BCUT2D eigenvalue weighted by Crippen LogP contribution is 2.21. The molecule has 0 atom stereocenters. The van der Waals surface area contributed by atoms with Crippen LogP contribution in [0.5, 0.6) is 5.88 Å². The van der Waals surface area contributed by atoms with E-state index in [9.17, 15) is 9.90 Å². The Morgan fingerprint density at radius 3 is 2.93 bits per heavy atom. The average molecular weight is 273 g/mol. The van der Waals surface area contributed by atoms with Crippen molar-refractivity contribution in [1.29, 1.82) is 0 Å². The number of thiophene rings is 1. The quantitative estimate of drug-likeness (QED) is 0.834. The predicted octanol–water partition coefficient (Wildman–Crippen LogP) is 1.97. The van der Waals surface area contributed by atoms with Gasteiger partial charge in [0.25, 0.3) is 5.56 Å². The number of rotatable bonds is 1. The van der Waals surface area contributed by atoms with Crippen LogP contribution in [0, 0.1) is 0 Å². The van der Waals surface area contributed by atoms with Crippen LogP contribution in [-0.4, -0.2) is 15.1 Å². The molecule has 0 saturated carbocycles. The molecule has 0 spiro atoms. The Labute approximate surface area is 91.4 Å². The first-order valence-electron chi connectivity index (χ1n) is 3.70. The van der Waals surface area contributed by atoms with Gasteiger partial charge in [0.05, 0.1) is 0 Å². The normalized spacial score (nSPS) is 10.4. The van der Waals surface area contributed by atoms with Crippen LogP contribution in [0.25, 0.3) is 11.4 Å². The molecular formula is C8H5BrN2O2S. The van der Waals surface area contributed by atoms with Crippen LogP contribution in [0.15, 0.2) is 26.1 Å². The first-order valence-corrected chi connectivity index (χ1v) is 5.43. The van der Waals surface area contributed by atoms with Crippen molar-refractivity contribution in [2.75, 3.05) is 0 Å². The summed E-state index contributed by atoms with van der Waals surface area (Å²) in [7, 11) is 0. The monoisotopic (exact) mass is 272 g/mol. The first kappa shape index (κ1) is 9.42. The maximum Gasteiger partial charge on any atom is 0.269 e. The fraction of sp³-hybridized carbons (Fsp3) is 0. The maximum atomic E-state index is 11.3. The van der Waals surface area contributed by atoms with Gasteiger partial charge in [0, 0.05) is 10.9 Å². The van der Waals surface area contributed by atoms with Crippen LogP contribution in [0.1, 0.15) is 0 Å². The second-order valence-electron chi connectivity index (χ2n) is 2.56. The van der Waals surface area contributed by atoms with Crippen LogP contribution in [-0.2, 0) is 0 Å². The molecule has 4 nitrogen and oxygen atoms in total. The van der Waals surface area contributed by atoms with E-state index in [1.54, 1.807) is 0 Å². The smallest absolute Gasteiger partial charge is 0.269 e. The van der Waals surface area contributed by atoms with Crippen LogP contribution in [0.3, 0.4) is 0 Å². The number of hydrogen-bond acceptors (Lipinski definition) is 4. The largest absolute Gasteiger partial charge is 0.492 e. The van der Waals surface area contributed by atoms with Crippen molar-refractivity contribution in [3.05, 3.63) is 31.7 Å². The van der Waals surface area contributed by atoms with Crippen molar-refractivity contribution in [3.8, 4) is 17.3 Å². The zero-order chi connectivity index (χ0) is 10.1. The molecule has 6 heteroatoms. The van der Waals surface area contributed by atoms with Crippen LogP contribution in [0.2, 0.25) is 0 Å². The summed E-state index contributed by atoms with van der Waals surface area (Å²) in [5.74, 6) is 0.0758. The molecule has 0 aromatic carbocycles. The minimum absolute atomic E-state index is 0.0523. The van der Waals surface area contributed by atoms with E-state index < -0.39 is 5.56 Å². The van der Waals surface area contributed by atoms with E-state index in [2.05, 4.69) is 25.9 Å². The number of aromatic amines is 1. The first-order chi connectivity index (χ1) is 6.68. The molecule has 2 heterocycles. The van der Waals surface area contributed by atoms with Crippen molar-refractivity contribution in [2.24, 2.45) is 0 Å². The Morgan fingerprint density at radius 2 is 2.36 bits per heavy atom. The highest BCUT2D eigenvalue weighted by molar-refractivity contribution is 9.10. The molecule has 0 amide bonds. The molecule has 0 fully saturated rings. The van der Waals surface area contributed by atoms with Gasteiger partial charge >= 0.3 is 0 Å². The summed E-state index contributed by atoms with van der Waals surface area (Å²) < 4.78 is 0.0523. The third kappa shape index (κ3) is 1.58. The standard InChI is InChI=1S/C8H5BrN2O2S/c9-5-7(12)10-6(11-8(5)13)4-1-2-14-3-4/h1-3H,(H2,10,11,12,13). The molecule has 0 unspecified atom stereocenters. The van der Waals surface area contributed by atoms with Gasteiger partial charge in [-0.2, -0.15) is 16.3 Å². The summed E-state index contributed by atoms with van der Waals surface area (Å²) in [5, 5.41) is 13.0. The maximum absolute atomic E-state index is 11.3. The molecule has 14 heavy (non-hydrogen) atoms. The average Bonchev–Trinajstić information content (AvgIpc) is 2.66. The second-order valence-corrected chi connectivity index (χ2v) is 4.14. The number of aromatic nitrogens is 2. The van der Waals surface area contributed by atoms with Crippen molar-refractivity contribution >= 4 is 27.3 Å². The summed E-state index contributed by atoms with van der Waals surface area (Å²) in [5.41, 5.74) is 0.397. The van der Waals surface area contributed by atoms with E-state index in [4.69, 9.17) is 0 Å². The van der Waals surface area contributed by atoms with Crippen LogP contribution >= 0.6 is 27.3 Å². The van der Waals surface area contributed by atoms with Gasteiger partial charge in [0.15, 0.2) is 0 Å². The number of halogens is 1. The van der Waals surface area contributed by atoms with E-state index in [1.807, 2.05) is 16.8 Å². The molecule has 2 N–H and O–H groups in total. The van der Waals surface area contributed by atoms with Crippen molar-refractivity contribution in [1.82, 2.24) is 9.97 Å². The van der Waals surface area contributed by atoms with E-state index in [0.717, 1.165) is 5.56 Å². The zero-order valence-corrected chi connectivity index (χ0v) is 9.22. The number of hydrogen-bond donors (Lipinski definition) is 2. The third-order valence-corrected chi connectivity index (χ3v) is 3.04. The number of aromatic hydroxyl groups is 1. The number of H-pyrrole nitrogens is 1. The van der Waals surface area contributed by atoms with E-state index in [1.165, 1.54) is 11.3 Å². The lowest BCUT2D eigenvalue weighted by Crippen LogP contribution is -2.09. The Kier molecular flexibility index (Phi) is 2.39. The van der Waals surface area contributed by atoms with Gasteiger partial charge in [0.1, 0.15) is 10.3 Å². The SMILES string of the molecule is O=c1[nH]c(-c2ccsc2)nc(O)c1Br. The van der Waals surface area contributed by atoms with Gasteiger partial charge in [-0.25, -0.2) is 0 Å². The van der Waals surface area contributed by atoms with Gasteiger partial charge in [-0.05, 0) is 27.4 Å². The van der Waals surface area contributed by atoms with Crippen molar-refractivity contribution in [3.63, 3.8) is 0 Å². The molecule has 0 radical (unpaired) electrons. The molecule has 0 saturated heterocycles. The molecule has 2 aromatic heterocycles. The molecular weight excluding hydrogens is 268 g/mol. The van der Waals surface area contributed by atoms with Gasteiger partial charge in [0.2, 0.25) is 5.88 Å². The van der Waals surface area contributed by atoms with E-state index in [0.29, 0.717) is 5.82 Å². The fourth-order valence-corrected chi connectivity index (χ4v) is 1.81. The highest BCUT2D eigenvalue weighted by atomic mass is 79.9. The van der Waals surface area contributed by atoms with Gasteiger partial charge in [-0.3, -0.25) is 4.79 Å².